The fourth-order valence-corrected chi connectivity index (χ4v) is 5.96. The molecule has 0 unspecified atom stereocenters. The molecule has 2 N–H and O–H groups in total. The first-order valence-electron chi connectivity index (χ1n) is 15.5. The number of rotatable bonds is 11. The largest absolute Gasteiger partial charge is 0.461 e. The third-order valence-electron chi connectivity index (χ3n) is 7.38. The number of carbonyl (C=O) groups excluding carboxylic acids is 3. The molecule has 0 bridgehead atoms. The first kappa shape index (κ1) is 36.2. The van der Waals surface area contributed by atoms with Crippen LogP contribution in [0.2, 0.25) is 0 Å². The van der Waals surface area contributed by atoms with Gasteiger partial charge in [0.1, 0.15) is 40.7 Å². The number of aromatic nitrogens is 1. The number of nitrogens with one attached hydrogen (secondary N) is 2. The molecule has 0 spiro atoms. The van der Waals surface area contributed by atoms with Crippen molar-refractivity contribution in [1.82, 2.24) is 15.6 Å². The summed E-state index contributed by atoms with van der Waals surface area (Å²) in [5, 5.41) is 26.2. The highest BCUT2D eigenvalue weighted by atomic mass is 32.2. The Labute approximate surface area is 276 Å². The number of ether oxygens (including phenoxy) is 2. The first-order chi connectivity index (χ1) is 21.8. The lowest BCUT2D eigenvalue weighted by Gasteiger charge is -2.34. The number of hydrogen-bond donors (Lipinski definition) is 2. The van der Waals surface area contributed by atoms with Gasteiger partial charge in [0.15, 0.2) is 0 Å². The van der Waals surface area contributed by atoms with Gasteiger partial charge in [-0.25, -0.2) is 14.6 Å². The van der Waals surface area contributed by atoms with Crippen LogP contribution in [0.25, 0.3) is 0 Å². The summed E-state index contributed by atoms with van der Waals surface area (Å²) >= 11 is 1.45. The summed E-state index contributed by atoms with van der Waals surface area (Å²) in [6, 6.07) is 11.6. The number of carbonyl (C=O) groups is 3. The van der Waals surface area contributed by atoms with Gasteiger partial charge in [0.05, 0.1) is 11.1 Å². The summed E-state index contributed by atoms with van der Waals surface area (Å²) in [4.78, 5) is 43.5. The van der Waals surface area contributed by atoms with Crippen molar-refractivity contribution in [2.24, 2.45) is 5.92 Å². The summed E-state index contributed by atoms with van der Waals surface area (Å²) in [6.45, 7) is 13.8. The molecule has 246 valence electrons. The van der Waals surface area contributed by atoms with Crippen molar-refractivity contribution in [3.05, 3.63) is 52.1 Å². The van der Waals surface area contributed by atoms with Crippen LogP contribution in [0, 0.1) is 28.6 Å². The molecule has 2 aromatic rings. The van der Waals surface area contributed by atoms with E-state index in [4.69, 9.17) is 14.5 Å². The number of pyridine rings is 1. The standard InChI is InChI=1S/C34H44N6O5S/c1-8-26-27(17-35)30(39-31(28(26)18-36)46-20-24-11-9-23(10-12-24)19-37-22(4)41)40-15-13-25(14-16-40)44-32(42)29(21(2)3)38-33(43)45-34(5,6)7/h9-12,21,25,29H,8,13-16,19-20H2,1-7H3,(H,37,41)(H,38,43)/t29-/m0/s1. The Balaban J connectivity index is 1.72. The number of thioether (sulfide) groups is 1. The lowest BCUT2D eigenvalue weighted by atomic mass is 10.0. The van der Waals surface area contributed by atoms with Crippen LogP contribution in [0.4, 0.5) is 10.6 Å². The molecule has 1 aliphatic rings. The smallest absolute Gasteiger partial charge is 0.408 e. The molecule has 1 fully saturated rings. The van der Waals surface area contributed by atoms with Crippen LogP contribution in [0.15, 0.2) is 29.3 Å². The molecule has 11 nitrogen and oxygen atoms in total. The van der Waals surface area contributed by atoms with E-state index in [1.165, 1.54) is 18.7 Å². The highest BCUT2D eigenvalue weighted by Crippen LogP contribution is 2.34. The van der Waals surface area contributed by atoms with E-state index >= 15 is 0 Å². The summed E-state index contributed by atoms with van der Waals surface area (Å²) in [7, 11) is 0. The number of nitrogens with zero attached hydrogens (tertiary/aromatic N) is 4. The third kappa shape index (κ3) is 10.1. The highest BCUT2D eigenvalue weighted by molar-refractivity contribution is 7.98. The Morgan fingerprint density at radius 3 is 2.20 bits per heavy atom. The average molecular weight is 649 g/mol. The zero-order chi connectivity index (χ0) is 34.0. The van der Waals surface area contributed by atoms with Crippen LogP contribution in [-0.4, -0.2) is 53.8 Å². The quantitative estimate of drug-likeness (QED) is 0.240. The van der Waals surface area contributed by atoms with Crippen LogP contribution in [0.3, 0.4) is 0 Å². The van der Waals surface area contributed by atoms with Gasteiger partial charge in [-0.05, 0) is 49.8 Å². The summed E-state index contributed by atoms with van der Waals surface area (Å²) < 4.78 is 11.1. The number of amides is 2. The zero-order valence-corrected chi connectivity index (χ0v) is 28.5. The first-order valence-corrected chi connectivity index (χ1v) is 16.5. The van der Waals surface area contributed by atoms with Crippen molar-refractivity contribution in [2.45, 2.75) is 103 Å². The maximum absolute atomic E-state index is 13.1. The second-order valence-corrected chi connectivity index (χ2v) is 13.5. The number of esters is 1. The normalized spacial score (nSPS) is 14.2. The number of benzene rings is 1. The van der Waals surface area contributed by atoms with E-state index in [1.807, 2.05) is 49.9 Å². The minimum Gasteiger partial charge on any atom is -0.461 e. The van der Waals surface area contributed by atoms with Gasteiger partial charge in [-0.3, -0.25) is 4.79 Å². The van der Waals surface area contributed by atoms with Crippen LogP contribution in [-0.2, 0) is 37.8 Å². The van der Waals surface area contributed by atoms with Crippen LogP contribution in [0.5, 0.6) is 0 Å². The van der Waals surface area contributed by atoms with E-state index < -0.39 is 23.7 Å². The number of hydrogen-bond acceptors (Lipinski definition) is 10. The Kier molecular flexibility index (Phi) is 12.8. The molecular weight excluding hydrogens is 604 g/mol. The fraction of sp³-hybridized carbons (Fsp3) is 0.529. The monoisotopic (exact) mass is 648 g/mol. The third-order valence-corrected chi connectivity index (χ3v) is 8.43. The van der Waals surface area contributed by atoms with Crippen molar-refractivity contribution in [3.63, 3.8) is 0 Å². The van der Waals surface area contributed by atoms with E-state index in [0.29, 0.717) is 72.2 Å². The number of alkyl carbamates (subject to hydrolysis) is 1. The SMILES string of the molecule is CCc1c(C#N)c(SCc2ccc(CNC(C)=O)cc2)nc(N2CCC(OC(=O)[C@@H](NC(=O)OC(C)(C)C)C(C)C)CC2)c1C#N. The lowest BCUT2D eigenvalue weighted by molar-refractivity contribution is -0.153. The molecule has 1 aromatic heterocycles. The predicted molar refractivity (Wildman–Crippen MR) is 176 cm³/mol. The van der Waals surface area contributed by atoms with E-state index in [9.17, 15) is 24.9 Å². The minimum absolute atomic E-state index is 0.0873. The number of nitriles is 2. The molecule has 0 radical (unpaired) electrons. The van der Waals surface area contributed by atoms with E-state index in [-0.39, 0.29) is 17.9 Å². The minimum atomic E-state index is -0.849. The Morgan fingerprint density at radius 1 is 1.07 bits per heavy atom. The fourth-order valence-electron chi connectivity index (χ4n) is 5.00. The number of piperidine rings is 1. The Bertz CT molecular complexity index is 1480. The maximum Gasteiger partial charge on any atom is 0.408 e. The van der Waals surface area contributed by atoms with Gasteiger partial charge in [0.25, 0.3) is 0 Å². The molecule has 3 rings (SSSR count). The van der Waals surface area contributed by atoms with Gasteiger partial charge < -0.3 is 25.0 Å². The molecule has 1 aromatic carbocycles. The van der Waals surface area contributed by atoms with E-state index in [1.54, 1.807) is 20.8 Å². The molecule has 1 aliphatic heterocycles. The average Bonchev–Trinajstić information content (AvgIpc) is 3.00. The summed E-state index contributed by atoms with van der Waals surface area (Å²) in [5.41, 5.74) is 2.81. The summed E-state index contributed by atoms with van der Waals surface area (Å²) in [6.07, 6.45) is 0.507. The van der Waals surface area contributed by atoms with Gasteiger partial charge in [-0.15, -0.1) is 11.8 Å². The molecular formula is C34H44N6O5S. The molecule has 2 heterocycles. The number of anilines is 1. The molecule has 0 saturated carbocycles. The van der Waals surface area contributed by atoms with E-state index in [0.717, 1.165) is 11.1 Å². The maximum atomic E-state index is 13.1. The molecule has 0 aliphatic carbocycles. The van der Waals surface area contributed by atoms with Crippen molar-refractivity contribution < 1.29 is 23.9 Å². The van der Waals surface area contributed by atoms with Crippen molar-refractivity contribution >= 4 is 35.5 Å². The topological polar surface area (TPSA) is 157 Å². The predicted octanol–water partition coefficient (Wildman–Crippen LogP) is 5.38. The van der Waals surface area contributed by atoms with Gasteiger partial charge in [-0.2, -0.15) is 10.5 Å². The van der Waals surface area contributed by atoms with Crippen LogP contribution >= 0.6 is 11.8 Å². The van der Waals surface area contributed by atoms with Crippen molar-refractivity contribution in [3.8, 4) is 12.1 Å². The molecule has 46 heavy (non-hydrogen) atoms. The Hall–Kier alpha value is -4.29. The van der Waals surface area contributed by atoms with Crippen molar-refractivity contribution in [2.75, 3.05) is 18.0 Å². The van der Waals surface area contributed by atoms with Crippen LogP contribution < -0.4 is 15.5 Å². The molecule has 1 atom stereocenters. The summed E-state index contributed by atoms with van der Waals surface area (Å²) in [5.74, 6) is 0.302. The second-order valence-electron chi connectivity index (χ2n) is 12.6. The molecule has 12 heteroatoms. The van der Waals surface area contributed by atoms with Crippen molar-refractivity contribution in [1.29, 1.82) is 10.5 Å². The second kappa shape index (κ2) is 16.3. The van der Waals surface area contributed by atoms with Gasteiger partial charge >= 0.3 is 12.1 Å². The highest BCUT2D eigenvalue weighted by Gasteiger charge is 2.32. The van der Waals surface area contributed by atoms with Gasteiger partial charge in [0.2, 0.25) is 5.91 Å². The zero-order valence-electron chi connectivity index (χ0n) is 27.7. The van der Waals surface area contributed by atoms with Gasteiger partial charge in [0, 0.05) is 45.2 Å². The van der Waals surface area contributed by atoms with Gasteiger partial charge in [-0.1, -0.05) is 45.0 Å². The lowest BCUT2D eigenvalue weighted by Crippen LogP contribution is -2.49. The van der Waals surface area contributed by atoms with Crippen LogP contribution in [0.1, 0.15) is 89.1 Å². The Morgan fingerprint density at radius 2 is 1.67 bits per heavy atom. The molecule has 2 amide bonds. The molecule has 1 saturated heterocycles. The van der Waals surface area contributed by atoms with E-state index in [2.05, 4.69) is 22.8 Å².